The highest BCUT2D eigenvalue weighted by Crippen LogP contribution is 2.13. The van der Waals surface area contributed by atoms with Crippen molar-refractivity contribution in [3.05, 3.63) is 0 Å². The minimum absolute atomic E-state index is 0. The van der Waals surface area contributed by atoms with Crippen molar-refractivity contribution in [2.24, 2.45) is 0 Å². The van der Waals surface area contributed by atoms with Crippen LogP contribution in [0.5, 0.6) is 0 Å². The molecule has 4 aliphatic heterocycles. The Bertz CT molecular complexity index is 249. The lowest BCUT2D eigenvalue weighted by molar-refractivity contribution is -0.144. The average Bonchev–Trinajstić information content (AvgIpc) is 2.42. The van der Waals surface area contributed by atoms with Crippen LogP contribution in [0.25, 0.3) is 0 Å². The van der Waals surface area contributed by atoms with E-state index in [0.717, 1.165) is 12.1 Å². The van der Waals surface area contributed by atoms with E-state index in [2.05, 4.69) is 10.6 Å². The van der Waals surface area contributed by atoms with Gasteiger partial charge in [-0.25, -0.2) is 0 Å². The van der Waals surface area contributed by atoms with E-state index in [1.807, 2.05) is 13.8 Å². The molecule has 0 aliphatic carbocycles. The van der Waals surface area contributed by atoms with Crippen LogP contribution in [0, 0.1) is 0 Å². The molecule has 3 N–H and O–H groups in total. The second kappa shape index (κ2) is 11.9. The molecule has 2 unspecified atom stereocenters. The fourth-order valence-electron chi connectivity index (χ4n) is 2.38. The molecule has 0 saturated carbocycles. The molecule has 128 valence electrons. The summed E-state index contributed by atoms with van der Waals surface area (Å²) < 4.78 is 0. The van der Waals surface area contributed by atoms with Crippen molar-refractivity contribution in [2.45, 2.75) is 54.1 Å². The predicted octanol–water partition coefficient (Wildman–Crippen LogP) is 1.16. The van der Waals surface area contributed by atoms with Crippen LogP contribution in [0.2, 0.25) is 0 Å². The Balaban J connectivity index is 0. The Morgan fingerprint density at radius 2 is 1.48 bits per heavy atom. The number of amides is 1. The second-order valence-electron chi connectivity index (χ2n) is 4.91. The molecule has 0 aromatic rings. The number of carbonyl (C=O) groups is 1. The summed E-state index contributed by atoms with van der Waals surface area (Å²) in [6.45, 7) is 10.4. The van der Waals surface area contributed by atoms with E-state index in [1.54, 1.807) is 11.8 Å². The summed E-state index contributed by atoms with van der Waals surface area (Å²) in [5, 5.41) is 16.9. The molecular weight excluding hydrogens is 268 g/mol. The van der Waals surface area contributed by atoms with E-state index >= 15 is 0 Å². The molecule has 6 nitrogen and oxygen atoms in total. The van der Waals surface area contributed by atoms with Crippen molar-refractivity contribution in [3.8, 4) is 0 Å². The first-order valence-electron chi connectivity index (χ1n) is 7.31. The molecule has 0 spiro atoms. The van der Waals surface area contributed by atoms with Crippen LogP contribution in [-0.4, -0.2) is 72.4 Å². The SMILES string of the molecule is C.C.C1NCC2CC1N2.CC.CC(=O)N1CCN(O)CC1. The van der Waals surface area contributed by atoms with Gasteiger partial charge in [0.2, 0.25) is 5.91 Å². The maximum absolute atomic E-state index is 10.7. The first-order valence-corrected chi connectivity index (χ1v) is 7.31. The summed E-state index contributed by atoms with van der Waals surface area (Å²) in [6.07, 6.45) is 1.41. The van der Waals surface area contributed by atoms with Crippen LogP contribution in [0.3, 0.4) is 0 Å². The molecule has 2 bridgehead atoms. The van der Waals surface area contributed by atoms with Gasteiger partial charge in [-0.1, -0.05) is 28.7 Å². The number of nitrogens with zero attached hydrogens (tertiary/aromatic N) is 2. The van der Waals surface area contributed by atoms with Gasteiger partial charge in [-0.05, 0) is 6.42 Å². The van der Waals surface area contributed by atoms with Gasteiger partial charge in [-0.3, -0.25) is 4.79 Å². The molecule has 4 fully saturated rings. The molecule has 6 heteroatoms. The van der Waals surface area contributed by atoms with Gasteiger partial charge in [0.15, 0.2) is 0 Å². The van der Waals surface area contributed by atoms with Gasteiger partial charge in [-0.15, -0.1) is 0 Å². The predicted molar refractivity (Wildman–Crippen MR) is 88.6 cm³/mol. The highest BCUT2D eigenvalue weighted by atomic mass is 16.5. The van der Waals surface area contributed by atoms with E-state index in [1.165, 1.54) is 24.6 Å². The quantitative estimate of drug-likeness (QED) is 0.626. The monoisotopic (exact) mass is 304 g/mol. The number of hydrogen-bond donors (Lipinski definition) is 3. The lowest BCUT2D eigenvalue weighted by Gasteiger charge is -2.42. The lowest BCUT2D eigenvalue weighted by Crippen LogP contribution is -2.65. The molecule has 4 saturated heterocycles. The first kappa shape index (κ1) is 22.6. The summed E-state index contributed by atoms with van der Waals surface area (Å²) in [7, 11) is 0. The Hall–Kier alpha value is -0.690. The summed E-state index contributed by atoms with van der Waals surface area (Å²) in [5.41, 5.74) is 0. The molecule has 4 aliphatic rings. The third-order valence-electron chi connectivity index (χ3n) is 3.52. The number of carbonyl (C=O) groups excluding carboxylic acids is 1. The molecule has 21 heavy (non-hydrogen) atoms. The maximum atomic E-state index is 10.7. The van der Waals surface area contributed by atoms with Gasteiger partial charge >= 0.3 is 0 Å². The average molecular weight is 304 g/mol. The highest BCUT2D eigenvalue weighted by molar-refractivity contribution is 5.73. The Morgan fingerprint density at radius 3 is 1.71 bits per heavy atom. The Labute approximate surface area is 130 Å². The van der Waals surface area contributed by atoms with Gasteiger partial charge in [0.25, 0.3) is 0 Å². The van der Waals surface area contributed by atoms with Crippen LogP contribution in [0.15, 0.2) is 0 Å². The smallest absolute Gasteiger partial charge is 0.219 e. The number of fused-ring (bicyclic) bond motifs is 2. The Morgan fingerprint density at radius 1 is 1.05 bits per heavy atom. The zero-order valence-corrected chi connectivity index (χ0v) is 12.4. The fourth-order valence-corrected chi connectivity index (χ4v) is 2.38. The van der Waals surface area contributed by atoms with Crippen LogP contribution in [0.1, 0.15) is 42.0 Å². The molecule has 4 heterocycles. The van der Waals surface area contributed by atoms with Gasteiger partial charge in [0, 0.05) is 58.3 Å². The number of nitrogens with one attached hydrogen (secondary N) is 2. The first-order chi connectivity index (χ1) is 9.15. The number of rotatable bonds is 0. The van der Waals surface area contributed by atoms with Crippen LogP contribution < -0.4 is 10.6 Å². The van der Waals surface area contributed by atoms with Crippen LogP contribution >= 0.6 is 0 Å². The molecule has 0 radical (unpaired) electrons. The van der Waals surface area contributed by atoms with Crippen LogP contribution in [0.4, 0.5) is 0 Å². The van der Waals surface area contributed by atoms with Crippen molar-refractivity contribution < 1.29 is 10.0 Å². The summed E-state index contributed by atoms with van der Waals surface area (Å²) in [6, 6.07) is 1.64. The summed E-state index contributed by atoms with van der Waals surface area (Å²) >= 11 is 0. The molecule has 1 amide bonds. The molecule has 4 rings (SSSR count). The number of piperazine rings is 2. The van der Waals surface area contributed by atoms with E-state index in [-0.39, 0.29) is 20.8 Å². The highest BCUT2D eigenvalue weighted by Gasteiger charge is 2.31. The van der Waals surface area contributed by atoms with Gasteiger partial charge in [0.05, 0.1) is 0 Å². The molecule has 2 atom stereocenters. The third kappa shape index (κ3) is 7.76. The minimum atomic E-state index is 0. The largest absolute Gasteiger partial charge is 0.340 e. The van der Waals surface area contributed by atoms with Crippen molar-refractivity contribution in [1.82, 2.24) is 20.6 Å². The zero-order chi connectivity index (χ0) is 14.3. The van der Waals surface area contributed by atoms with E-state index in [9.17, 15) is 4.79 Å². The van der Waals surface area contributed by atoms with Crippen molar-refractivity contribution >= 4 is 5.91 Å². The summed E-state index contributed by atoms with van der Waals surface area (Å²) in [5.74, 6) is 0.0908. The number of hydroxylamine groups is 2. The molecular formula is C15H36N4O2. The second-order valence-corrected chi connectivity index (χ2v) is 4.91. The van der Waals surface area contributed by atoms with Crippen LogP contribution in [-0.2, 0) is 4.79 Å². The van der Waals surface area contributed by atoms with Crippen molar-refractivity contribution in [2.75, 3.05) is 39.3 Å². The van der Waals surface area contributed by atoms with E-state index < -0.39 is 0 Å². The summed E-state index contributed by atoms with van der Waals surface area (Å²) in [4.78, 5) is 12.5. The standard InChI is InChI=1S/C6H12N2O2.C5H10N2.C2H6.2CH4/c1-6(9)7-2-4-8(10)5-3-7;1-4-2-6-3-5(1)7-4;1-2;;/h10H,2-5H2,1H3;4-7H,1-3H2;1-2H3;2*1H4. The van der Waals surface area contributed by atoms with E-state index in [4.69, 9.17) is 5.21 Å². The topological polar surface area (TPSA) is 67.8 Å². The van der Waals surface area contributed by atoms with Crippen molar-refractivity contribution in [3.63, 3.8) is 0 Å². The normalized spacial score (nSPS) is 26.4. The minimum Gasteiger partial charge on any atom is -0.340 e. The fraction of sp³-hybridized carbons (Fsp3) is 0.933. The van der Waals surface area contributed by atoms with Gasteiger partial charge in [0.1, 0.15) is 0 Å². The van der Waals surface area contributed by atoms with Gasteiger partial charge in [-0.2, -0.15) is 5.06 Å². The number of piperidine rings is 1. The van der Waals surface area contributed by atoms with Crippen molar-refractivity contribution in [1.29, 1.82) is 0 Å². The molecule has 0 aromatic heterocycles. The third-order valence-corrected chi connectivity index (χ3v) is 3.52. The lowest BCUT2D eigenvalue weighted by atomic mass is 9.93. The maximum Gasteiger partial charge on any atom is 0.219 e. The Kier molecular flexibility index (Phi) is 12.8. The number of hydrogen-bond acceptors (Lipinski definition) is 5. The molecule has 0 aromatic carbocycles. The zero-order valence-electron chi connectivity index (χ0n) is 12.4. The van der Waals surface area contributed by atoms with E-state index in [0.29, 0.717) is 26.2 Å². The van der Waals surface area contributed by atoms with Gasteiger partial charge < -0.3 is 20.7 Å².